The van der Waals surface area contributed by atoms with Gasteiger partial charge in [-0.2, -0.15) is 0 Å². The number of Topliss-reactive ketones (excluding diaryl/α,β-unsaturated/α-hetero) is 1. The molecular weight excluding hydrogens is 362 g/mol. The molecule has 0 radical (unpaired) electrons. The van der Waals surface area contributed by atoms with Crippen molar-refractivity contribution < 1.29 is 13.9 Å². The first-order chi connectivity index (χ1) is 13.0. The van der Waals surface area contributed by atoms with Crippen molar-refractivity contribution in [3.8, 4) is 17.1 Å². The van der Waals surface area contributed by atoms with Gasteiger partial charge >= 0.3 is 0 Å². The number of furan rings is 1. The number of benzene rings is 1. The third kappa shape index (κ3) is 3.98. The van der Waals surface area contributed by atoms with Crippen LogP contribution in [0.2, 0.25) is 0 Å². The summed E-state index contributed by atoms with van der Waals surface area (Å²) in [5.74, 6) is 2.90. The Hall–Kier alpha value is -2.80. The SMILES string of the molecule is C=CCn1c(SCc2cc(C(C)=O)ccc2OC)nnc1-c1ccoc1C. The van der Waals surface area contributed by atoms with E-state index in [9.17, 15) is 4.79 Å². The van der Waals surface area contributed by atoms with E-state index in [1.54, 1.807) is 26.4 Å². The highest BCUT2D eigenvalue weighted by Gasteiger charge is 2.17. The lowest BCUT2D eigenvalue weighted by molar-refractivity contribution is 0.101. The maximum atomic E-state index is 11.7. The Bertz CT molecular complexity index is 975. The number of aryl methyl sites for hydroxylation is 1. The summed E-state index contributed by atoms with van der Waals surface area (Å²) in [5.41, 5.74) is 2.51. The number of nitrogens with zero attached hydrogens (tertiary/aromatic N) is 3. The minimum atomic E-state index is 0.0245. The molecule has 1 aromatic carbocycles. The van der Waals surface area contributed by atoms with Crippen LogP contribution in [-0.4, -0.2) is 27.7 Å². The van der Waals surface area contributed by atoms with E-state index in [2.05, 4.69) is 16.8 Å². The Morgan fingerprint density at radius 2 is 2.19 bits per heavy atom. The summed E-state index contributed by atoms with van der Waals surface area (Å²) >= 11 is 1.53. The van der Waals surface area contributed by atoms with Gasteiger partial charge in [0.1, 0.15) is 11.5 Å². The normalized spacial score (nSPS) is 10.8. The zero-order valence-corrected chi connectivity index (χ0v) is 16.4. The number of aromatic nitrogens is 3. The third-order valence-electron chi connectivity index (χ3n) is 4.17. The van der Waals surface area contributed by atoms with Crippen molar-refractivity contribution >= 4 is 17.5 Å². The summed E-state index contributed by atoms with van der Waals surface area (Å²) in [6, 6.07) is 7.34. The maximum absolute atomic E-state index is 11.7. The van der Waals surface area contributed by atoms with Crippen LogP contribution in [0.15, 0.2) is 52.8 Å². The van der Waals surface area contributed by atoms with Gasteiger partial charge in [-0.05, 0) is 38.1 Å². The average Bonchev–Trinajstić information content (AvgIpc) is 3.25. The van der Waals surface area contributed by atoms with Crippen LogP contribution in [0.25, 0.3) is 11.4 Å². The fourth-order valence-electron chi connectivity index (χ4n) is 2.76. The predicted molar refractivity (Wildman–Crippen MR) is 105 cm³/mol. The summed E-state index contributed by atoms with van der Waals surface area (Å²) in [7, 11) is 1.62. The number of allylic oxidation sites excluding steroid dienone is 1. The lowest BCUT2D eigenvalue weighted by Gasteiger charge is -2.10. The molecule has 0 spiro atoms. The van der Waals surface area contributed by atoms with Crippen molar-refractivity contribution in [2.75, 3.05) is 7.11 Å². The van der Waals surface area contributed by atoms with E-state index in [-0.39, 0.29) is 5.78 Å². The molecule has 3 aromatic rings. The molecule has 0 saturated carbocycles. The lowest BCUT2D eigenvalue weighted by atomic mass is 10.1. The van der Waals surface area contributed by atoms with Gasteiger partial charge < -0.3 is 9.15 Å². The summed E-state index contributed by atoms with van der Waals surface area (Å²) < 4.78 is 12.8. The van der Waals surface area contributed by atoms with E-state index in [4.69, 9.17) is 9.15 Å². The monoisotopic (exact) mass is 383 g/mol. The Morgan fingerprint density at radius 3 is 2.81 bits per heavy atom. The number of hydrogen-bond donors (Lipinski definition) is 0. The van der Waals surface area contributed by atoms with Gasteiger partial charge in [0, 0.05) is 23.4 Å². The molecule has 0 aliphatic carbocycles. The van der Waals surface area contributed by atoms with Crippen molar-refractivity contribution in [3.63, 3.8) is 0 Å². The number of methoxy groups -OCH3 is 1. The second kappa shape index (κ2) is 8.26. The Kier molecular flexibility index (Phi) is 5.81. The highest BCUT2D eigenvalue weighted by Crippen LogP contribution is 2.31. The number of hydrogen-bond acceptors (Lipinski definition) is 6. The molecule has 2 heterocycles. The van der Waals surface area contributed by atoms with E-state index >= 15 is 0 Å². The number of ether oxygens (including phenoxy) is 1. The minimum Gasteiger partial charge on any atom is -0.496 e. The summed E-state index contributed by atoms with van der Waals surface area (Å²) in [6.07, 6.45) is 3.45. The van der Waals surface area contributed by atoms with Gasteiger partial charge in [0.25, 0.3) is 0 Å². The van der Waals surface area contributed by atoms with Crippen LogP contribution < -0.4 is 4.74 Å². The van der Waals surface area contributed by atoms with Crippen LogP contribution in [0.5, 0.6) is 5.75 Å². The number of rotatable bonds is 8. The van der Waals surface area contributed by atoms with Crippen molar-refractivity contribution in [3.05, 3.63) is 60.1 Å². The van der Waals surface area contributed by atoms with Crippen molar-refractivity contribution in [1.29, 1.82) is 0 Å². The van der Waals surface area contributed by atoms with Crippen LogP contribution in [-0.2, 0) is 12.3 Å². The van der Waals surface area contributed by atoms with Crippen LogP contribution in [0, 0.1) is 6.92 Å². The van der Waals surface area contributed by atoms with Crippen LogP contribution in [0.1, 0.15) is 28.6 Å². The van der Waals surface area contributed by atoms with Gasteiger partial charge in [0.15, 0.2) is 16.8 Å². The zero-order chi connectivity index (χ0) is 19.4. The summed E-state index contributed by atoms with van der Waals surface area (Å²) in [4.78, 5) is 11.7. The maximum Gasteiger partial charge on any atom is 0.192 e. The molecule has 0 N–H and O–H groups in total. The molecule has 0 aliphatic rings. The first-order valence-corrected chi connectivity index (χ1v) is 9.43. The number of thioether (sulfide) groups is 1. The standard InChI is InChI=1S/C20H21N3O3S/c1-5-9-23-19(17-8-10-26-14(17)3)21-22-20(23)27-12-16-11-15(13(2)24)6-7-18(16)25-4/h5-8,10-11H,1,9,12H2,2-4H3. The van der Waals surface area contributed by atoms with Gasteiger partial charge in [-0.3, -0.25) is 9.36 Å². The first-order valence-electron chi connectivity index (χ1n) is 8.44. The van der Waals surface area contributed by atoms with Gasteiger partial charge in [-0.1, -0.05) is 17.8 Å². The van der Waals surface area contributed by atoms with Crippen molar-refractivity contribution in [1.82, 2.24) is 14.8 Å². The number of carbonyl (C=O) groups excluding carboxylic acids is 1. The third-order valence-corrected chi connectivity index (χ3v) is 5.19. The molecule has 0 unspecified atom stereocenters. The van der Waals surface area contributed by atoms with Gasteiger partial charge in [-0.15, -0.1) is 16.8 Å². The second-order valence-electron chi connectivity index (χ2n) is 5.97. The minimum absolute atomic E-state index is 0.0245. The fourth-order valence-corrected chi connectivity index (χ4v) is 3.68. The number of ketones is 1. The highest BCUT2D eigenvalue weighted by atomic mass is 32.2. The molecule has 0 amide bonds. The fraction of sp³-hybridized carbons (Fsp3) is 0.250. The molecule has 3 rings (SSSR count). The molecule has 0 fully saturated rings. The molecule has 140 valence electrons. The molecular formula is C20H21N3O3S. The van der Waals surface area contributed by atoms with E-state index in [0.717, 1.165) is 33.6 Å². The van der Waals surface area contributed by atoms with Crippen molar-refractivity contribution in [2.24, 2.45) is 0 Å². The van der Waals surface area contributed by atoms with Crippen LogP contribution >= 0.6 is 11.8 Å². The topological polar surface area (TPSA) is 70.2 Å². The first kappa shape index (κ1) is 19.0. The largest absolute Gasteiger partial charge is 0.496 e. The van der Waals surface area contributed by atoms with Crippen molar-refractivity contribution in [2.45, 2.75) is 31.3 Å². The zero-order valence-electron chi connectivity index (χ0n) is 15.6. The van der Waals surface area contributed by atoms with E-state index in [1.165, 1.54) is 11.8 Å². The molecule has 7 heteroatoms. The predicted octanol–water partition coefficient (Wildman–Crippen LogP) is 4.54. The molecule has 6 nitrogen and oxygen atoms in total. The lowest BCUT2D eigenvalue weighted by Crippen LogP contribution is -2.01. The Morgan fingerprint density at radius 1 is 1.37 bits per heavy atom. The van der Waals surface area contributed by atoms with E-state index in [1.807, 2.05) is 35.8 Å². The summed E-state index contributed by atoms with van der Waals surface area (Å²) in [6.45, 7) is 7.87. The van der Waals surface area contributed by atoms with E-state index in [0.29, 0.717) is 17.9 Å². The van der Waals surface area contributed by atoms with E-state index < -0.39 is 0 Å². The summed E-state index contributed by atoms with van der Waals surface area (Å²) in [5, 5.41) is 9.44. The second-order valence-corrected chi connectivity index (χ2v) is 6.91. The quantitative estimate of drug-likeness (QED) is 0.323. The average molecular weight is 383 g/mol. The molecule has 0 saturated heterocycles. The molecule has 0 aliphatic heterocycles. The molecule has 2 aromatic heterocycles. The molecule has 27 heavy (non-hydrogen) atoms. The van der Waals surface area contributed by atoms with Gasteiger partial charge in [0.05, 0.1) is 18.9 Å². The Balaban J connectivity index is 1.90. The Labute approximate surface area is 162 Å². The molecule has 0 atom stereocenters. The number of carbonyl (C=O) groups is 1. The highest BCUT2D eigenvalue weighted by molar-refractivity contribution is 7.98. The molecule has 0 bridgehead atoms. The van der Waals surface area contributed by atoms with Gasteiger partial charge in [0.2, 0.25) is 0 Å². The van der Waals surface area contributed by atoms with Crippen LogP contribution in [0.3, 0.4) is 0 Å². The van der Waals surface area contributed by atoms with Gasteiger partial charge in [-0.25, -0.2) is 0 Å². The smallest absolute Gasteiger partial charge is 0.192 e. The van der Waals surface area contributed by atoms with Crippen LogP contribution in [0.4, 0.5) is 0 Å².